The molecule has 0 radical (unpaired) electrons. The van der Waals surface area contributed by atoms with Crippen LogP contribution >= 0.6 is 0 Å². The van der Waals surface area contributed by atoms with Crippen molar-refractivity contribution in [2.24, 2.45) is 11.7 Å². The van der Waals surface area contributed by atoms with Gasteiger partial charge in [-0.3, -0.25) is 4.79 Å². The van der Waals surface area contributed by atoms with Gasteiger partial charge in [0.2, 0.25) is 0 Å². The van der Waals surface area contributed by atoms with Gasteiger partial charge in [-0.05, 0) is 70.2 Å². The predicted octanol–water partition coefficient (Wildman–Crippen LogP) is 4.95. The number of anilines is 1. The average Bonchev–Trinajstić information content (AvgIpc) is 3.44. The third-order valence-corrected chi connectivity index (χ3v) is 6.27. The number of carbonyl (C=O) groups is 1. The van der Waals surface area contributed by atoms with Gasteiger partial charge in [0.15, 0.2) is 5.56 Å². The first-order chi connectivity index (χ1) is 16.0. The van der Waals surface area contributed by atoms with Crippen LogP contribution in [0.5, 0.6) is 0 Å². The summed E-state index contributed by atoms with van der Waals surface area (Å²) in [6.07, 6.45) is 9.25. The number of hydrogen-bond acceptors (Lipinski definition) is 4. The molecule has 0 bridgehead atoms. The summed E-state index contributed by atoms with van der Waals surface area (Å²) < 4.78 is 3.25. The van der Waals surface area contributed by atoms with Crippen LogP contribution in [0.3, 0.4) is 0 Å². The van der Waals surface area contributed by atoms with Crippen molar-refractivity contribution in [3.63, 3.8) is 0 Å². The van der Waals surface area contributed by atoms with Crippen LogP contribution in [0.4, 0.5) is 11.6 Å². The highest BCUT2D eigenvalue weighted by atomic mass is 16.1. The van der Waals surface area contributed by atoms with Crippen molar-refractivity contribution >= 4 is 23.7 Å². The first-order valence-corrected chi connectivity index (χ1v) is 11.3. The zero-order valence-electron chi connectivity index (χ0n) is 19.1. The summed E-state index contributed by atoms with van der Waals surface area (Å²) >= 11 is 0. The van der Waals surface area contributed by atoms with Gasteiger partial charge in [0.25, 0.3) is 5.91 Å². The van der Waals surface area contributed by atoms with Crippen LogP contribution in [0, 0.1) is 19.4 Å². The molecule has 0 aliphatic heterocycles. The smallest absolute Gasteiger partial charge is 0.330 e. The van der Waals surface area contributed by atoms with Gasteiger partial charge in [0.05, 0.1) is 17.6 Å². The fraction of sp³-hybridized carbons (Fsp3) is 0.360. The second kappa shape index (κ2) is 9.84. The minimum absolute atomic E-state index is 0.285. The molecule has 8 heteroatoms. The fourth-order valence-corrected chi connectivity index (χ4v) is 4.34. The Hall–Kier alpha value is -3.70. The number of rotatable bonds is 6. The Balaban J connectivity index is 1.66. The molecule has 1 saturated carbocycles. The number of nitrogens with zero attached hydrogens (tertiary/aromatic N) is 5. The maximum atomic E-state index is 13.2. The second-order valence-corrected chi connectivity index (χ2v) is 8.55. The lowest BCUT2D eigenvalue weighted by molar-refractivity contribution is 0.102. The topological polar surface area (TPSA) is 95.1 Å². The molecule has 2 aromatic heterocycles. The number of allylic oxidation sites excluding steroid dienone is 1. The number of benzene rings is 1. The van der Waals surface area contributed by atoms with E-state index in [0.29, 0.717) is 17.7 Å². The van der Waals surface area contributed by atoms with Gasteiger partial charge in [-0.1, -0.05) is 27.5 Å². The maximum Gasteiger partial charge on any atom is 0.424 e. The normalized spacial score (nSPS) is 18.4. The number of carbonyl (C=O) groups excluding carboxylic acids is 1. The van der Waals surface area contributed by atoms with Gasteiger partial charge >= 0.3 is 5.82 Å². The van der Waals surface area contributed by atoms with Crippen molar-refractivity contribution in [3.8, 4) is 12.3 Å². The molecule has 1 amide bonds. The summed E-state index contributed by atoms with van der Waals surface area (Å²) in [5.74, 6) is 1.48. The van der Waals surface area contributed by atoms with Crippen LogP contribution < -0.4 is 11.1 Å². The minimum Gasteiger partial charge on any atom is -0.330 e. The van der Waals surface area contributed by atoms with E-state index in [-0.39, 0.29) is 17.3 Å². The third kappa shape index (κ3) is 4.73. The van der Waals surface area contributed by atoms with Gasteiger partial charge in [0, 0.05) is 12.0 Å². The number of amides is 1. The van der Waals surface area contributed by atoms with Crippen molar-refractivity contribution in [2.45, 2.75) is 45.4 Å². The summed E-state index contributed by atoms with van der Waals surface area (Å²) in [6, 6.07) is 10.0. The highest BCUT2D eigenvalue weighted by molar-refractivity contribution is 6.07. The Kier molecular flexibility index (Phi) is 6.71. The number of hydrogen-bond donors (Lipinski definition) is 2. The van der Waals surface area contributed by atoms with Gasteiger partial charge in [-0.25, -0.2) is 4.68 Å². The maximum absolute atomic E-state index is 13.2. The van der Waals surface area contributed by atoms with Crippen molar-refractivity contribution in [1.29, 1.82) is 0 Å². The van der Waals surface area contributed by atoms with E-state index in [0.717, 1.165) is 49.2 Å². The molecule has 1 aliphatic carbocycles. The van der Waals surface area contributed by atoms with Crippen LogP contribution in [-0.2, 0) is 0 Å². The van der Waals surface area contributed by atoms with Crippen LogP contribution in [0.15, 0.2) is 42.6 Å². The van der Waals surface area contributed by atoms with E-state index in [4.69, 9.17) is 17.4 Å². The molecule has 2 heterocycles. The summed E-state index contributed by atoms with van der Waals surface area (Å²) in [6.45, 7) is 10.2. The van der Waals surface area contributed by atoms with E-state index in [1.165, 1.54) is 10.9 Å². The third-order valence-electron chi connectivity index (χ3n) is 6.27. The molecule has 0 atom stereocenters. The molecule has 1 aliphatic rings. The molecule has 0 spiro atoms. The van der Waals surface area contributed by atoms with E-state index >= 15 is 0 Å². The van der Waals surface area contributed by atoms with Crippen molar-refractivity contribution in [2.75, 3.05) is 11.9 Å². The Morgan fingerprint density at radius 2 is 2.00 bits per heavy atom. The molecule has 8 nitrogen and oxygen atoms in total. The van der Waals surface area contributed by atoms with Gasteiger partial charge < -0.3 is 11.1 Å². The van der Waals surface area contributed by atoms with Crippen molar-refractivity contribution < 1.29 is 4.79 Å². The van der Waals surface area contributed by atoms with E-state index in [9.17, 15) is 4.79 Å². The first-order valence-electron chi connectivity index (χ1n) is 11.3. The number of aryl methyl sites for hydroxylation is 1. The van der Waals surface area contributed by atoms with Gasteiger partial charge in [-0.15, -0.1) is 0 Å². The SMILES string of the molecule is C#[N+]c1c(C(=O)Nc2cc(C3CCC(CN)CC3)nn2-c2ccc(C)cc2)cnn1C=CC. The lowest BCUT2D eigenvalue weighted by Crippen LogP contribution is -2.20. The molecule has 3 aromatic rings. The molecule has 3 N–H and O–H groups in total. The number of nitrogens with one attached hydrogen (secondary N) is 1. The Morgan fingerprint density at radius 3 is 2.64 bits per heavy atom. The molecule has 33 heavy (non-hydrogen) atoms. The van der Waals surface area contributed by atoms with Crippen LogP contribution in [0.1, 0.15) is 60.1 Å². The summed E-state index contributed by atoms with van der Waals surface area (Å²) in [5.41, 5.74) is 9.17. The molecule has 0 unspecified atom stereocenters. The highest BCUT2D eigenvalue weighted by Crippen LogP contribution is 2.36. The largest absolute Gasteiger partial charge is 0.424 e. The molecule has 170 valence electrons. The number of aromatic nitrogens is 4. The van der Waals surface area contributed by atoms with E-state index < -0.39 is 0 Å². The molecular formula is C25H30N7O+. The zero-order chi connectivity index (χ0) is 23.4. The first kappa shape index (κ1) is 22.5. The van der Waals surface area contributed by atoms with E-state index in [1.807, 2.05) is 44.2 Å². The van der Waals surface area contributed by atoms with Crippen LogP contribution in [0.2, 0.25) is 0 Å². The van der Waals surface area contributed by atoms with Crippen molar-refractivity contribution in [3.05, 3.63) is 64.3 Å². The van der Waals surface area contributed by atoms with Crippen LogP contribution in [0.25, 0.3) is 16.7 Å². The Bertz CT molecular complexity index is 1190. The van der Waals surface area contributed by atoms with Crippen LogP contribution in [-0.4, -0.2) is 32.0 Å². The standard InChI is InChI=1S/C25H29N7O/c1-4-13-31-24(27-3)21(16-28-31)25(33)29-23-14-22(19-9-7-18(15-26)8-10-19)30-32(23)20-11-5-17(2)6-12-20/h3-6,11-14,16,18-19H,7-10,15,26H2,1-2H3/p+1. The lowest BCUT2D eigenvalue weighted by Gasteiger charge is -2.26. The fourth-order valence-electron chi connectivity index (χ4n) is 4.34. The molecule has 0 saturated heterocycles. The zero-order valence-corrected chi connectivity index (χ0v) is 19.1. The Labute approximate surface area is 193 Å². The average molecular weight is 445 g/mol. The van der Waals surface area contributed by atoms with Gasteiger partial charge in [-0.2, -0.15) is 9.94 Å². The minimum atomic E-state index is -0.346. The summed E-state index contributed by atoms with van der Waals surface area (Å²) in [5, 5.41) is 12.1. The summed E-state index contributed by atoms with van der Waals surface area (Å²) in [7, 11) is 0. The predicted molar refractivity (Wildman–Crippen MR) is 131 cm³/mol. The molecule has 1 fully saturated rings. The highest BCUT2D eigenvalue weighted by Gasteiger charge is 2.28. The lowest BCUT2D eigenvalue weighted by atomic mass is 9.80. The molecule has 1 aromatic carbocycles. The second-order valence-electron chi connectivity index (χ2n) is 8.55. The molecule has 4 rings (SSSR count). The van der Waals surface area contributed by atoms with Gasteiger partial charge in [0.1, 0.15) is 18.6 Å². The van der Waals surface area contributed by atoms with E-state index in [2.05, 4.69) is 15.3 Å². The number of nitrogens with two attached hydrogens (primary N) is 1. The van der Waals surface area contributed by atoms with Crippen molar-refractivity contribution in [1.82, 2.24) is 19.6 Å². The molecular weight excluding hydrogens is 414 g/mol. The summed E-state index contributed by atoms with van der Waals surface area (Å²) in [4.78, 5) is 16.9. The van der Waals surface area contributed by atoms with E-state index in [1.54, 1.807) is 17.0 Å². The monoisotopic (exact) mass is 444 g/mol. The Morgan fingerprint density at radius 1 is 1.27 bits per heavy atom. The quantitative estimate of drug-likeness (QED) is 0.562.